The first-order chi connectivity index (χ1) is 16.0. The van der Waals surface area contributed by atoms with Gasteiger partial charge in [0.25, 0.3) is 6.47 Å². The van der Waals surface area contributed by atoms with Gasteiger partial charge in [-0.25, -0.2) is 4.90 Å². The number of piperidine rings is 1. The Kier molecular flexibility index (Phi) is 4.87. The van der Waals surface area contributed by atoms with Gasteiger partial charge in [0.2, 0.25) is 0 Å². The number of carbonyl (C=O) groups excluding carboxylic acids is 3. The molecule has 0 aromatic rings. The van der Waals surface area contributed by atoms with Crippen LogP contribution in [0.3, 0.4) is 0 Å². The number of fused-ring (bicyclic) bond motifs is 6. The molecule has 0 unspecified atom stereocenters. The molecule has 1 spiro atoms. The summed E-state index contributed by atoms with van der Waals surface area (Å²) in [5.74, 6) is 1.36. The van der Waals surface area contributed by atoms with E-state index >= 15 is 0 Å². The maximum absolute atomic E-state index is 13.8. The summed E-state index contributed by atoms with van der Waals surface area (Å²) in [6.45, 7) is 12.6. The average molecular weight is 472 g/mol. The molecule has 0 radical (unpaired) electrons. The number of hydrogen-bond acceptors (Lipinski definition) is 6. The summed E-state index contributed by atoms with van der Waals surface area (Å²) in [6.07, 6.45) is 6.52. The highest BCUT2D eigenvalue weighted by Gasteiger charge is 2.76. The van der Waals surface area contributed by atoms with Crippen molar-refractivity contribution in [2.75, 3.05) is 6.54 Å². The minimum atomic E-state index is -0.817. The molecule has 3 saturated carbocycles. The van der Waals surface area contributed by atoms with E-state index in [2.05, 4.69) is 39.5 Å². The molecule has 6 rings (SSSR count). The zero-order chi connectivity index (χ0) is 24.3. The number of ketones is 2. The molecule has 3 aliphatic heterocycles. The lowest BCUT2D eigenvalue weighted by Crippen LogP contribution is -2.77. The van der Waals surface area contributed by atoms with Crippen molar-refractivity contribution in [3.05, 3.63) is 0 Å². The van der Waals surface area contributed by atoms with Crippen molar-refractivity contribution in [1.82, 2.24) is 4.90 Å². The van der Waals surface area contributed by atoms with Crippen LogP contribution in [-0.2, 0) is 23.9 Å². The lowest BCUT2D eigenvalue weighted by Gasteiger charge is -2.71. The Morgan fingerprint density at radius 1 is 1.03 bits per heavy atom. The first-order valence-electron chi connectivity index (χ1n) is 13.6. The maximum atomic E-state index is 13.8. The van der Waals surface area contributed by atoms with Gasteiger partial charge in [-0.2, -0.15) is 0 Å². The summed E-state index contributed by atoms with van der Waals surface area (Å²) in [7, 11) is 0. The van der Waals surface area contributed by atoms with Crippen LogP contribution in [0.15, 0.2) is 0 Å². The summed E-state index contributed by atoms with van der Waals surface area (Å²) in [5.41, 5.74) is -1.93. The van der Waals surface area contributed by atoms with Gasteiger partial charge in [0.15, 0.2) is 5.72 Å². The van der Waals surface area contributed by atoms with Crippen LogP contribution in [0.5, 0.6) is 0 Å². The third-order valence-corrected chi connectivity index (χ3v) is 11.8. The lowest BCUT2D eigenvalue weighted by atomic mass is 9.39. The van der Waals surface area contributed by atoms with Crippen molar-refractivity contribution in [2.24, 2.45) is 46.3 Å². The summed E-state index contributed by atoms with van der Waals surface area (Å²) in [6, 6.07) is 0. The monoisotopic (exact) mass is 471 g/mol. The summed E-state index contributed by atoms with van der Waals surface area (Å²) >= 11 is 0. The van der Waals surface area contributed by atoms with Crippen LogP contribution in [0, 0.1) is 46.3 Å². The van der Waals surface area contributed by atoms with E-state index in [9.17, 15) is 14.4 Å². The molecule has 3 saturated heterocycles. The van der Waals surface area contributed by atoms with Gasteiger partial charge in [-0.3, -0.25) is 14.4 Å². The third kappa shape index (κ3) is 2.68. The second-order valence-corrected chi connectivity index (χ2v) is 13.6. The maximum Gasteiger partial charge on any atom is 0.294 e. The van der Waals surface area contributed by atoms with Crippen LogP contribution >= 0.6 is 0 Å². The van der Waals surface area contributed by atoms with Crippen LogP contribution < -0.4 is 0 Å². The molecule has 6 heteroatoms. The summed E-state index contributed by atoms with van der Waals surface area (Å²) in [4.78, 5) is 41.5. The first-order valence-corrected chi connectivity index (χ1v) is 13.6. The van der Waals surface area contributed by atoms with E-state index in [-0.39, 0.29) is 57.9 Å². The summed E-state index contributed by atoms with van der Waals surface area (Å²) in [5, 5.41) is 0. The smallest absolute Gasteiger partial charge is 0.294 e. The Labute approximate surface area is 203 Å². The molecule has 3 heterocycles. The Balaban J connectivity index is 1.51. The highest BCUT2D eigenvalue weighted by Crippen LogP contribution is 2.71. The van der Waals surface area contributed by atoms with Gasteiger partial charge >= 0.3 is 0 Å². The van der Waals surface area contributed by atoms with Crippen molar-refractivity contribution in [3.63, 3.8) is 0 Å². The highest BCUT2D eigenvalue weighted by molar-refractivity contribution is 5.92. The fourth-order valence-electron chi connectivity index (χ4n) is 10.4. The van der Waals surface area contributed by atoms with Crippen LogP contribution in [-0.4, -0.2) is 47.0 Å². The van der Waals surface area contributed by atoms with Gasteiger partial charge in [0, 0.05) is 43.1 Å². The molecule has 6 nitrogen and oxygen atoms in total. The van der Waals surface area contributed by atoms with Crippen molar-refractivity contribution < 1.29 is 23.9 Å². The minimum Gasteiger partial charge on any atom is -0.445 e. The molecule has 0 aromatic carbocycles. The van der Waals surface area contributed by atoms with Crippen molar-refractivity contribution in [3.8, 4) is 0 Å². The molecule has 34 heavy (non-hydrogen) atoms. The van der Waals surface area contributed by atoms with Gasteiger partial charge in [0.05, 0.1) is 6.10 Å². The number of ether oxygens (including phenoxy) is 2. The Morgan fingerprint density at radius 2 is 1.79 bits per heavy atom. The van der Waals surface area contributed by atoms with Crippen molar-refractivity contribution in [2.45, 2.75) is 104 Å². The van der Waals surface area contributed by atoms with E-state index in [0.717, 1.165) is 38.6 Å². The van der Waals surface area contributed by atoms with Crippen molar-refractivity contribution in [1.29, 1.82) is 0 Å². The van der Waals surface area contributed by atoms with Crippen LogP contribution in [0.4, 0.5) is 0 Å². The predicted molar refractivity (Wildman–Crippen MR) is 125 cm³/mol. The zero-order valence-electron chi connectivity index (χ0n) is 21.5. The van der Waals surface area contributed by atoms with E-state index in [1.165, 1.54) is 0 Å². The van der Waals surface area contributed by atoms with Gasteiger partial charge in [-0.05, 0) is 61.2 Å². The molecule has 0 aromatic heterocycles. The van der Waals surface area contributed by atoms with E-state index < -0.39 is 5.72 Å². The molecular weight excluding hydrogens is 430 g/mol. The Bertz CT molecular complexity index is 936. The van der Waals surface area contributed by atoms with Crippen LogP contribution in [0.25, 0.3) is 0 Å². The lowest BCUT2D eigenvalue weighted by molar-refractivity contribution is -0.342. The molecule has 2 bridgehead atoms. The average Bonchev–Trinajstić information content (AvgIpc) is 3.03. The largest absolute Gasteiger partial charge is 0.445 e. The van der Waals surface area contributed by atoms with E-state index in [1.807, 2.05) is 0 Å². The van der Waals surface area contributed by atoms with Gasteiger partial charge < -0.3 is 9.47 Å². The number of nitrogens with zero attached hydrogens (tertiary/aromatic N) is 1. The molecule has 0 N–H and O–H groups in total. The van der Waals surface area contributed by atoms with Crippen LogP contribution in [0.2, 0.25) is 0 Å². The quantitative estimate of drug-likeness (QED) is 0.558. The number of Topliss-reactive ketones (excluding diaryl/α,β-unsaturated/α-hetero) is 2. The van der Waals surface area contributed by atoms with E-state index in [1.54, 1.807) is 0 Å². The molecule has 188 valence electrons. The standard InChI is InChI=1S/C28H41NO5/c1-16-9-21-20(22(31)10-16)11-23(32)24-18(3)26(5)6-7-27-12-17(2)8-19(34-27)13-29(27)28(26,33-15-30)14-25(21,24)4/h15-21,24H,6-14H2,1-5H3/t16-,17+,18-,19-,20+,21-,24+,25+,26+,27+,28-/m1/s1. The molecule has 6 fully saturated rings. The molecule has 0 amide bonds. The number of carbonyl (C=O) groups is 3. The van der Waals surface area contributed by atoms with Gasteiger partial charge in [-0.15, -0.1) is 0 Å². The fourth-order valence-corrected chi connectivity index (χ4v) is 10.4. The van der Waals surface area contributed by atoms with E-state index in [4.69, 9.17) is 9.47 Å². The van der Waals surface area contributed by atoms with Crippen molar-refractivity contribution >= 4 is 18.0 Å². The second-order valence-electron chi connectivity index (χ2n) is 13.6. The normalized spacial score (nSPS) is 56.7. The molecular formula is C28H41NO5. The SMILES string of the molecule is C[C@H]1CC(=O)[C@H]2CC(=O)[C@@H]3[C@@H](C)[C@]4(C)CC[C@]56C[C@@H](C)C[C@H](CN5[C@@]4(OC=O)C[C@@]3(C)[C@@H]2C1)O6. The minimum absolute atomic E-state index is 0.0576. The highest BCUT2D eigenvalue weighted by atomic mass is 16.6. The molecule has 3 aliphatic carbocycles. The topological polar surface area (TPSA) is 72.9 Å². The fraction of sp³-hybridized carbons (Fsp3) is 0.893. The summed E-state index contributed by atoms with van der Waals surface area (Å²) < 4.78 is 13.1. The van der Waals surface area contributed by atoms with E-state index in [0.29, 0.717) is 37.6 Å². The zero-order valence-corrected chi connectivity index (χ0v) is 21.5. The van der Waals surface area contributed by atoms with Crippen LogP contribution in [0.1, 0.15) is 86.0 Å². The number of rotatable bonds is 2. The second kappa shape index (κ2) is 7.15. The molecule has 11 atom stereocenters. The first kappa shape index (κ1) is 23.1. The predicted octanol–water partition coefficient (Wildman–Crippen LogP) is 4.35. The molecule has 6 aliphatic rings. The Hall–Kier alpha value is -1.27. The van der Waals surface area contributed by atoms with Gasteiger partial charge in [-0.1, -0.05) is 34.6 Å². The third-order valence-electron chi connectivity index (χ3n) is 11.8. The van der Waals surface area contributed by atoms with Gasteiger partial charge in [0.1, 0.15) is 17.3 Å². The Morgan fingerprint density at radius 3 is 2.53 bits per heavy atom. The number of hydrogen-bond donors (Lipinski definition) is 0.